The monoisotopic (exact) mass is 460 g/mol. The third-order valence-electron chi connectivity index (χ3n) is 4.09. The number of thiocarbonyl (C=S) groups is 1. The van der Waals surface area contributed by atoms with Gasteiger partial charge in [-0.3, -0.25) is 35.1 Å². The molecule has 0 unspecified atom stereocenters. The average Bonchev–Trinajstić information content (AvgIpc) is 3.01. The highest BCUT2D eigenvalue weighted by Crippen LogP contribution is 2.33. The van der Waals surface area contributed by atoms with Crippen LogP contribution in [-0.2, 0) is 9.59 Å². The minimum Gasteiger partial charge on any atom is -0.293 e. The lowest BCUT2D eigenvalue weighted by molar-refractivity contribution is -0.124. The Morgan fingerprint density at radius 2 is 2.00 bits per heavy atom. The van der Waals surface area contributed by atoms with Crippen LogP contribution in [0.1, 0.15) is 28.8 Å². The molecule has 2 aromatic rings. The van der Waals surface area contributed by atoms with Crippen LogP contribution >= 0.6 is 35.6 Å². The molecule has 3 amide bonds. The number of carbonyl (C=O) groups excluding carboxylic acids is 3. The molecule has 0 atom stereocenters. The molecule has 0 bridgehead atoms. The lowest BCUT2D eigenvalue weighted by Crippen LogP contribution is -2.42. The number of thioether (sulfide) groups is 1. The van der Waals surface area contributed by atoms with Crippen molar-refractivity contribution in [1.29, 1.82) is 0 Å². The van der Waals surface area contributed by atoms with Crippen LogP contribution in [0.3, 0.4) is 0 Å². The second-order valence-electron chi connectivity index (χ2n) is 6.20. The van der Waals surface area contributed by atoms with E-state index in [0.717, 1.165) is 5.56 Å². The Hall–Kier alpha value is -2.75. The molecule has 0 saturated carbocycles. The summed E-state index contributed by atoms with van der Waals surface area (Å²) in [6, 6.07) is 10.4. The molecule has 7 nitrogen and oxygen atoms in total. The first-order chi connectivity index (χ1) is 14.5. The zero-order valence-electron chi connectivity index (χ0n) is 15.6. The van der Waals surface area contributed by atoms with E-state index in [-0.39, 0.29) is 18.2 Å². The molecule has 1 aliphatic heterocycles. The number of hydrazine groups is 1. The van der Waals surface area contributed by atoms with Crippen molar-refractivity contribution in [3.63, 3.8) is 0 Å². The van der Waals surface area contributed by atoms with Gasteiger partial charge in [-0.15, -0.1) is 0 Å². The summed E-state index contributed by atoms with van der Waals surface area (Å²) < 4.78 is 0.434. The van der Waals surface area contributed by atoms with E-state index in [2.05, 4.69) is 15.8 Å². The van der Waals surface area contributed by atoms with Gasteiger partial charge in [0, 0.05) is 30.4 Å². The molecule has 0 aliphatic carbocycles. The maximum atomic E-state index is 12.6. The largest absolute Gasteiger partial charge is 0.293 e. The lowest BCUT2D eigenvalue weighted by atomic mass is 10.2. The zero-order chi connectivity index (χ0) is 21.5. The van der Waals surface area contributed by atoms with Gasteiger partial charge in [-0.2, -0.15) is 0 Å². The van der Waals surface area contributed by atoms with Crippen molar-refractivity contribution in [3.8, 4) is 0 Å². The van der Waals surface area contributed by atoms with Gasteiger partial charge in [-0.25, -0.2) is 0 Å². The number of nitrogens with one attached hydrogen (secondary N) is 2. The fourth-order valence-corrected chi connectivity index (χ4v) is 4.07. The van der Waals surface area contributed by atoms with Crippen LogP contribution in [0.5, 0.6) is 0 Å². The first-order valence-corrected chi connectivity index (χ1v) is 10.5. The van der Waals surface area contributed by atoms with E-state index >= 15 is 0 Å². The summed E-state index contributed by atoms with van der Waals surface area (Å²) >= 11 is 12.6. The van der Waals surface area contributed by atoms with Crippen molar-refractivity contribution in [2.75, 3.05) is 6.54 Å². The summed E-state index contributed by atoms with van der Waals surface area (Å²) in [6.07, 6.45) is 5.16. The van der Waals surface area contributed by atoms with Gasteiger partial charge in [0.25, 0.3) is 11.8 Å². The van der Waals surface area contributed by atoms with Crippen LogP contribution < -0.4 is 10.9 Å². The van der Waals surface area contributed by atoms with Gasteiger partial charge < -0.3 is 0 Å². The first kappa shape index (κ1) is 21.9. The van der Waals surface area contributed by atoms with Gasteiger partial charge in [-0.1, -0.05) is 53.8 Å². The predicted molar refractivity (Wildman–Crippen MR) is 120 cm³/mol. The zero-order valence-corrected chi connectivity index (χ0v) is 18.0. The third-order valence-corrected chi connectivity index (χ3v) is 5.81. The highest BCUT2D eigenvalue weighted by atomic mass is 35.5. The maximum absolute atomic E-state index is 12.6. The number of amides is 3. The molecule has 0 spiro atoms. The van der Waals surface area contributed by atoms with Gasteiger partial charge in [0.2, 0.25) is 5.91 Å². The van der Waals surface area contributed by atoms with Gasteiger partial charge in [0.1, 0.15) is 4.32 Å². The second kappa shape index (κ2) is 10.3. The Morgan fingerprint density at radius 1 is 1.20 bits per heavy atom. The van der Waals surface area contributed by atoms with Crippen molar-refractivity contribution < 1.29 is 14.4 Å². The minimum atomic E-state index is -0.460. The van der Waals surface area contributed by atoms with Crippen LogP contribution in [0.15, 0.2) is 53.7 Å². The highest BCUT2D eigenvalue weighted by molar-refractivity contribution is 8.26. The van der Waals surface area contributed by atoms with Gasteiger partial charge in [0.15, 0.2) is 0 Å². The molecule has 0 radical (unpaired) electrons. The molecule has 30 heavy (non-hydrogen) atoms. The molecular formula is C20H17ClN4O3S2. The fourth-order valence-electron chi connectivity index (χ4n) is 2.58. The van der Waals surface area contributed by atoms with E-state index in [9.17, 15) is 14.4 Å². The fraction of sp³-hybridized carbons (Fsp3) is 0.150. The molecule has 1 aromatic heterocycles. The molecule has 1 saturated heterocycles. The SMILES string of the molecule is O=C(CCCN1C(=O)/C(=C\c2ccccc2Cl)SC1=S)NNC(=O)c1cccnc1. The van der Waals surface area contributed by atoms with Crippen molar-refractivity contribution in [2.45, 2.75) is 12.8 Å². The molecule has 1 aromatic carbocycles. The van der Waals surface area contributed by atoms with Gasteiger partial charge in [-0.05, 0) is 36.3 Å². The smallest absolute Gasteiger partial charge is 0.271 e. The topological polar surface area (TPSA) is 91.4 Å². The van der Waals surface area contributed by atoms with E-state index in [1.807, 2.05) is 18.2 Å². The minimum absolute atomic E-state index is 0.119. The number of rotatable bonds is 6. The number of carbonyl (C=O) groups is 3. The second-order valence-corrected chi connectivity index (χ2v) is 8.29. The number of hydrogen-bond acceptors (Lipinski definition) is 6. The number of nitrogens with zero attached hydrogens (tertiary/aromatic N) is 2. The van der Waals surface area contributed by atoms with Gasteiger partial charge in [0.05, 0.1) is 10.5 Å². The molecule has 2 heterocycles. The number of aromatic nitrogens is 1. The standard InChI is InChI=1S/C20H17ClN4O3S2/c21-15-7-2-1-5-13(15)11-16-19(28)25(20(29)30-16)10-4-8-17(26)23-24-18(27)14-6-3-9-22-12-14/h1-3,5-7,9,11-12H,4,8,10H2,(H,23,26)(H,24,27)/b16-11+. The predicted octanol–water partition coefficient (Wildman–Crippen LogP) is 3.18. The number of benzene rings is 1. The lowest BCUT2D eigenvalue weighted by Gasteiger charge is -2.14. The van der Waals surface area contributed by atoms with Crippen LogP contribution in [0, 0.1) is 0 Å². The summed E-state index contributed by atoms with van der Waals surface area (Å²) in [5, 5.41) is 0.549. The summed E-state index contributed by atoms with van der Waals surface area (Å²) in [5.41, 5.74) is 5.74. The summed E-state index contributed by atoms with van der Waals surface area (Å²) in [6.45, 7) is 0.300. The molecule has 2 N–H and O–H groups in total. The summed E-state index contributed by atoms with van der Waals surface area (Å²) in [4.78, 5) is 42.2. The van der Waals surface area contributed by atoms with Crippen molar-refractivity contribution >= 4 is 63.7 Å². The van der Waals surface area contributed by atoms with Crippen LogP contribution in [0.25, 0.3) is 6.08 Å². The molecular weight excluding hydrogens is 444 g/mol. The normalized spacial score (nSPS) is 14.8. The Kier molecular flexibility index (Phi) is 7.56. The summed E-state index contributed by atoms with van der Waals surface area (Å²) in [7, 11) is 0. The van der Waals surface area contributed by atoms with Crippen molar-refractivity contribution in [1.82, 2.24) is 20.7 Å². The number of halogens is 1. The third kappa shape index (κ3) is 5.65. The van der Waals surface area contributed by atoms with E-state index < -0.39 is 5.91 Å². The Balaban J connectivity index is 1.47. The van der Waals surface area contributed by atoms with E-state index in [0.29, 0.717) is 32.8 Å². The van der Waals surface area contributed by atoms with E-state index in [1.54, 1.807) is 30.5 Å². The number of pyridine rings is 1. The van der Waals surface area contributed by atoms with Crippen LogP contribution in [-0.4, -0.2) is 38.5 Å². The first-order valence-electron chi connectivity index (χ1n) is 8.95. The summed E-state index contributed by atoms with van der Waals surface area (Å²) in [5.74, 6) is -1.04. The molecule has 1 fully saturated rings. The van der Waals surface area contributed by atoms with Crippen LogP contribution in [0.2, 0.25) is 5.02 Å². The Labute approximate surface area is 187 Å². The number of hydrogen-bond donors (Lipinski definition) is 2. The molecule has 154 valence electrons. The van der Waals surface area contributed by atoms with Crippen LogP contribution in [0.4, 0.5) is 0 Å². The average molecular weight is 461 g/mol. The van der Waals surface area contributed by atoms with Crippen molar-refractivity contribution in [3.05, 3.63) is 69.8 Å². The Morgan fingerprint density at radius 3 is 2.73 bits per heavy atom. The molecule has 3 rings (SSSR count). The Bertz CT molecular complexity index is 1010. The molecule has 1 aliphatic rings. The van der Waals surface area contributed by atoms with Gasteiger partial charge >= 0.3 is 0 Å². The van der Waals surface area contributed by atoms with Crippen molar-refractivity contribution in [2.24, 2.45) is 0 Å². The maximum Gasteiger partial charge on any atom is 0.271 e. The van der Waals surface area contributed by atoms with E-state index in [4.69, 9.17) is 23.8 Å². The molecule has 10 heteroatoms. The highest BCUT2D eigenvalue weighted by Gasteiger charge is 2.31. The van der Waals surface area contributed by atoms with E-state index in [1.165, 1.54) is 22.9 Å². The quantitative estimate of drug-likeness (QED) is 0.391.